The first-order valence-corrected chi connectivity index (χ1v) is 6.93. The topological polar surface area (TPSA) is 121 Å². The van der Waals surface area contributed by atoms with Gasteiger partial charge in [-0.3, -0.25) is 14.9 Å². The molecule has 3 N–H and O–H groups in total. The van der Waals surface area contributed by atoms with Crippen molar-refractivity contribution >= 4 is 28.7 Å². The van der Waals surface area contributed by atoms with E-state index in [1.165, 1.54) is 12.1 Å². The smallest absolute Gasteiger partial charge is 0.273 e. The van der Waals surface area contributed by atoms with Gasteiger partial charge in [0.15, 0.2) is 0 Å². The molecular weight excluding hydrogens is 312 g/mol. The lowest BCUT2D eigenvalue weighted by atomic mass is 10.2. The van der Waals surface area contributed by atoms with Gasteiger partial charge in [-0.1, -0.05) is 18.2 Å². The van der Waals surface area contributed by atoms with Gasteiger partial charge in [-0.15, -0.1) is 0 Å². The summed E-state index contributed by atoms with van der Waals surface area (Å²) in [6.45, 7) is 0. The van der Waals surface area contributed by atoms with E-state index in [4.69, 9.17) is 0 Å². The van der Waals surface area contributed by atoms with Crippen LogP contribution in [0, 0.1) is 10.1 Å². The third-order valence-electron chi connectivity index (χ3n) is 3.43. The molecule has 0 aliphatic carbocycles. The average Bonchev–Trinajstić information content (AvgIpc) is 3.00. The van der Waals surface area contributed by atoms with Crippen molar-refractivity contribution in [1.29, 1.82) is 0 Å². The molecule has 1 heterocycles. The van der Waals surface area contributed by atoms with Crippen LogP contribution in [0.3, 0.4) is 0 Å². The number of phenolic OH excluding ortho intramolecular Hbond substituents is 1. The predicted molar refractivity (Wildman–Crippen MR) is 88.1 cm³/mol. The Bertz CT molecular complexity index is 962. The number of carbonyl (C=O) groups excluding carboxylic acids is 1. The maximum absolute atomic E-state index is 12.2. The first-order chi connectivity index (χ1) is 11.6. The van der Waals surface area contributed by atoms with Crippen LogP contribution in [0.1, 0.15) is 15.9 Å². The SMILES string of the molecule is O=C(N/N=C\c1cc([N+](=O)[O-])ccc1O)c1c[nH]c2ccccc12. The molecular formula is C16H12N4O4. The van der Waals surface area contributed by atoms with Crippen LogP contribution >= 0.6 is 0 Å². The first-order valence-electron chi connectivity index (χ1n) is 6.93. The van der Waals surface area contributed by atoms with E-state index in [0.717, 1.165) is 23.2 Å². The molecule has 0 bridgehead atoms. The van der Waals surface area contributed by atoms with Gasteiger partial charge >= 0.3 is 0 Å². The number of amides is 1. The van der Waals surface area contributed by atoms with Gasteiger partial charge < -0.3 is 10.1 Å². The standard InChI is InChI=1S/C16H12N4O4/c21-15-6-5-11(20(23)24)7-10(15)8-18-19-16(22)13-9-17-14-4-2-1-3-12(13)14/h1-9,17,21H,(H,19,22)/b18-8-. The summed E-state index contributed by atoms with van der Waals surface area (Å²) in [6.07, 6.45) is 2.72. The number of non-ortho nitro benzene ring substituents is 1. The fraction of sp³-hybridized carbons (Fsp3) is 0. The van der Waals surface area contributed by atoms with Crippen molar-refractivity contribution in [2.75, 3.05) is 0 Å². The van der Waals surface area contributed by atoms with Crippen molar-refractivity contribution in [3.05, 3.63) is 69.9 Å². The number of hydrogen-bond acceptors (Lipinski definition) is 5. The number of nitro groups is 1. The molecule has 0 spiro atoms. The van der Waals surface area contributed by atoms with Crippen molar-refractivity contribution in [2.24, 2.45) is 5.10 Å². The summed E-state index contributed by atoms with van der Waals surface area (Å²) in [4.78, 5) is 25.3. The molecule has 1 aromatic heterocycles. The van der Waals surface area contributed by atoms with Crippen molar-refractivity contribution in [1.82, 2.24) is 10.4 Å². The quantitative estimate of drug-likeness (QED) is 0.388. The Labute approximate surface area is 135 Å². The summed E-state index contributed by atoms with van der Waals surface area (Å²) in [5.41, 5.74) is 3.52. The van der Waals surface area contributed by atoms with Gasteiger partial charge in [-0.25, -0.2) is 5.43 Å². The lowest BCUT2D eigenvalue weighted by Crippen LogP contribution is -2.17. The molecule has 3 rings (SSSR count). The van der Waals surface area contributed by atoms with E-state index in [1.54, 1.807) is 12.3 Å². The Morgan fingerprint density at radius 1 is 1.29 bits per heavy atom. The molecule has 0 saturated carbocycles. The summed E-state index contributed by atoms with van der Waals surface area (Å²) in [7, 11) is 0. The van der Waals surface area contributed by atoms with E-state index >= 15 is 0 Å². The number of nitro benzene ring substituents is 1. The number of nitrogens with zero attached hydrogens (tertiary/aromatic N) is 2. The molecule has 8 heteroatoms. The number of hydrogen-bond donors (Lipinski definition) is 3. The van der Waals surface area contributed by atoms with Gasteiger partial charge in [0.25, 0.3) is 11.6 Å². The van der Waals surface area contributed by atoms with E-state index in [2.05, 4.69) is 15.5 Å². The van der Waals surface area contributed by atoms with Crippen LogP contribution in [0.5, 0.6) is 5.75 Å². The van der Waals surface area contributed by atoms with Gasteiger partial charge in [0.2, 0.25) is 0 Å². The highest BCUT2D eigenvalue weighted by Crippen LogP contribution is 2.21. The minimum Gasteiger partial charge on any atom is -0.507 e. The number of benzene rings is 2. The Morgan fingerprint density at radius 2 is 2.08 bits per heavy atom. The molecule has 24 heavy (non-hydrogen) atoms. The normalized spacial score (nSPS) is 11.0. The second-order valence-corrected chi connectivity index (χ2v) is 4.95. The zero-order valence-corrected chi connectivity index (χ0v) is 12.3. The zero-order valence-electron chi connectivity index (χ0n) is 12.3. The largest absolute Gasteiger partial charge is 0.507 e. The summed E-state index contributed by atoms with van der Waals surface area (Å²) in [5, 5.41) is 24.9. The second kappa shape index (κ2) is 6.21. The Kier molecular flexibility index (Phi) is 3.94. The molecule has 8 nitrogen and oxygen atoms in total. The van der Waals surface area contributed by atoms with Crippen molar-refractivity contribution < 1.29 is 14.8 Å². The van der Waals surface area contributed by atoms with Crippen LogP contribution in [0.25, 0.3) is 10.9 Å². The molecule has 1 amide bonds. The fourth-order valence-corrected chi connectivity index (χ4v) is 2.24. The van der Waals surface area contributed by atoms with E-state index < -0.39 is 10.8 Å². The minimum atomic E-state index is -0.582. The average molecular weight is 324 g/mol. The number of nitrogens with one attached hydrogen (secondary N) is 2. The molecule has 0 fully saturated rings. The Morgan fingerprint density at radius 3 is 2.88 bits per heavy atom. The number of aromatic hydroxyl groups is 1. The van der Waals surface area contributed by atoms with Gasteiger partial charge in [0, 0.05) is 34.8 Å². The lowest BCUT2D eigenvalue weighted by Gasteiger charge is -2.00. The predicted octanol–water partition coefficient (Wildman–Crippen LogP) is 2.55. The number of carbonyl (C=O) groups is 1. The number of fused-ring (bicyclic) bond motifs is 1. The molecule has 2 aromatic carbocycles. The van der Waals surface area contributed by atoms with Crippen molar-refractivity contribution in [2.45, 2.75) is 0 Å². The number of aromatic amines is 1. The monoisotopic (exact) mass is 324 g/mol. The number of H-pyrrole nitrogens is 1. The summed E-state index contributed by atoms with van der Waals surface area (Å²) >= 11 is 0. The molecule has 3 aromatic rings. The van der Waals surface area contributed by atoms with E-state index in [-0.39, 0.29) is 17.0 Å². The number of para-hydroxylation sites is 1. The number of hydrazone groups is 1. The fourth-order valence-electron chi connectivity index (χ4n) is 2.24. The maximum Gasteiger partial charge on any atom is 0.273 e. The van der Waals surface area contributed by atoms with Crippen LogP contribution < -0.4 is 5.43 Å². The van der Waals surface area contributed by atoms with Gasteiger partial charge in [0.05, 0.1) is 16.7 Å². The van der Waals surface area contributed by atoms with E-state index in [1.807, 2.05) is 18.2 Å². The lowest BCUT2D eigenvalue weighted by molar-refractivity contribution is -0.384. The Hall–Kier alpha value is -3.68. The van der Waals surface area contributed by atoms with Crippen molar-refractivity contribution in [3.8, 4) is 5.75 Å². The highest BCUT2D eigenvalue weighted by atomic mass is 16.6. The second-order valence-electron chi connectivity index (χ2n) is 4.95. The highest BCUT2D eigenvalue weighted by Gasteiger charge is 2.11. The number of phenols is 1. The summed E-state index contributed by atoms with van der Waals surface area (Å²) in [6, 6.07) is 10.9. The number of rotatable bonds is 4. The van der Waals surface area contributed by atoms with E-state index in [0.29, 0.717) is 5.56 Å². The van der Waals surface area contributed by atoms with Crippen LogP contribution in [0.15, 0.2) is 53.8 Å². The van der Waals surface area contributed by atoms with E-state index in [9.17, 15) is 20.0 Å². The molecule has 0 unspecified atom stereocenters. The van der Waals surface area contributed by atoms with Crippen LogP contribution in [0.2, 0.25) is 0 Å². The Balaban J connectivity index is 1.78. The van der Waals surface area contributed by atoms with Crippen LogP contribution in [0.4, 0.5) is 5.69 Å². The molecule has 0 aliphatic heterocycles. The molecule has 0 saturated heterocycles. The summed E-state index contributed by atoms with van der Waals surface area (Å²) in [5.74, 6) is -0.612. The first kappa shape index (κ1) is 15.2. The zero-order chi connectivity index (χ0) is 17.1. The maximum atomic E-state index is 12.2. The number of aromatic nitrogens is 1. The summed E-state index contributed by atoms with van der Waals surface area (Å²) < 4.78 is 0. The minimum absolute atomic E-state index is 0.128. The van der Waals surface area contributed by atoms with Crippen LogP contribution in [-0.2, 0) is 0 Å². The molecule has 0 atom stereocenters. The van der Waals surface area contributed by atoms with Crippen LogP contribution in [-0.4, -0.2) is 27.1 Å². The molecule has 0 radical (unpaired) electrons. The molecule has 120 valence electrons. The van der Waals surface area contributed by atoms with Gasteiger partial charge in [-0.05, 0) is 12.1 Å². The third-order valence-corrected chi connectivity index (χ3v) is 3.43. The van der Waals surface area contributed by atoms with Gasteiger partial charge in [-0.2, -0.15) is 5.10 Å². The van der Waals surface area contributed by atoms with Crippen molar-refractivity contribution in [3.63, 3.8) is 0 Å². The van der Waals surface area contributed by atoms with Gasteiger partial charge in [0.1, 0.15) is 5.75 Å². The molecule has 0 aliphatic rings. The third kappa shape index (κ3) is 2.93. The highest BCUT2D eigenvalue weighted by molar-refractivity contribution is 6.06.